The molecule has 3 nitrogen and oxygen atoms in total. The molecule has 0 aliphatic carbocycles. The third-order valence-electron chi connectivity index (χ3n) is 2.75. The van der Waals surface area contributed by atoms with Crippen molar-refractivity contribution in [2.24, 2.45) is 0 Å². The summed E-state index contributed by atoms with van der Waals surface area (Å²) in [5.74, 6) is 0.0618. The van der Waals surface area contributed by atoms with Crippen molar-refractivity contribution in [1.29, 1.82) is 0 Å². The highest BCUT2D eigenvalue weighted by Gasteiger charge is 2.20. The van der Waals surface area contributed by atoms with E-state index in [-0.39, 0.29) is 5.91 Å². The standard InChI is InChI=1S/C12H15ClN2O/c1-8(2)15-6-5-12(16)14-10-4-3-9(13)7-11(10)15/h3-4,7-8H,5-6H2,1-2H3,(H,14,16). The van der Waals surface area contributed by atoms with Crippen LogP contribution in [0.2, 0.25) is 5.02 Å². The van der Waals surface area contributed by atoms with Gasteiger partial charge in [0, 0.05) is 24.0 Å². The summed E-state index contributed by atoms with van der Waals surface area (Å²) in [5, 5.41) is 3.59. The van der Waals surface area contributed by atoms with E-state index in [1.165, 1.54) is 0 Å². The zero-order chi connectivity index (χ0) is 11.7. The highest BCUT2D eigenvalue weighted by molar-refractivity contribution is 6.31. The Hall–Kier alpha value is -1.22. The molecule has 86 valence electrons. The molecule has 0 radical (unpaired) electrons. The molecule has 0 fully saturated rings. The smallest absolute Gasteiger partial charge is 0.226 e. The van der Waals surface area contributed by atoms with E-state index in [1.807, 2.05) is 12.1 Å². The highest BCUT2D eigenvalue weighted by atomic mass is 35.5. The van der Waals surface area contributed by atoms with Gasteiger partial charge < -0.3 is 10.2 Å². The quantitative estimate of drug-likeness (QED) is 0.816. The lowest BCUT2D eigenvalue weighted by atomic mass is 10.2. The first-order valence-corrected chi connectivity index (χ1v) is 5.82. The molecule has 2 rings (SSSR count). The Kier molecular flexibility index (Phi) is 3.06. The molecular weight excluding hydrogens is 224 g/mol. The maximum absolute atomic E-state index is 11.5. The molecule has 1 amide bonds. The van der Waals surface area contributed by atoms with Crippen molar-refractivity contribution in [3.05, 3.63) is 23.2 Å². The predicted molar refractivity (Wildman–Crippen MR) is 67.2 cm³/mol. The number of benzene rings is 1. The third kappa shape index (κ3) is 2.14. The molecule has 0 unspecified atom stereocenters. The molecule has 1 aliphatic heterocycles. The van der Waals surface area contributed by atoms with Gasteiger partial charge in [0.25, 0.3) is 0 Å². The Morgan fingerprint density at radius 3 is 2.88 bits per heavy atom. The largest absolute Gasteiger partial charge is 0.367 e. The lowest BCUT2D eigenvalue weighted by Gasteiger charge is -2.28. The van der Waals surface area contributed by atoms with Crippen LogP contribution in [-0.4, -0.2) is 18.5 Å². The second kappa shape index (κ2) is 4.34. The molecule has 0 saturated carbocycles. The van der Waals surface area contributed by atoms with Gasteiger partial charge in [-0.05, 0) is 32.0 Å². The molecule has 0 saturated heterocycles. The number of amides is 1. The molecule has 4 heteroatoms. The first kappa shape index (κ1) is 11.3. The Morgan fingerprint density at radius 2 is 2.19 bits per heavy atom. The topological polar surface area (TPSA) is 32.3 Å². The monoisotopic (exact) mass is 238 g/mol. The number of carbonyl (C=O) groups is 1. The summed E-state index contributed by atoms with van der Waals surface area (Å²) in [4.78, 5) is 13.7. The molecule has 1 aromatic carbocycles. The summed E-state index contributed by atoms with van der Waals surface area (Å²) in [5.41, 5.74) is 1.86. The van der Waals surface area contributed by atoms with Gasteiger partial charge >= 0.3 is 0 Å². The Bertz CT molecular complexity index is 417. The summed E-state index contributed by atoms with van der Waals surface area (Å²) in [6.45, 7) is 4.96. The van der Waals surface area contributed by atoms with Crippen molar-refractivity contribution >= 4 is 28.9 Å². The van der Waals surface area contributed by atoms with Crippen LogP contribution < -0.4 is 10.2 Å². The first-order chi connectivity index (χ1) is 7.58. The van der Waals surface area contributed by atoms with Crippen LogP contribution in [-0.2, 0) is 4.79 Å². The maximum Gasteiger partial charge on any atom is 0.226 e. The van der Waals surface area contributed by atoms with Gasteiger partial charge in [-0.2, -0.15) is 0 Å². The van der Waals surface area contributed by atoms with E-state index in [2.05, 4.69) is 24.1 Å². The van der Waals surface area contributed by atoms with Gasteiger partial charge in [0.1, 0.15) is 0 Å². The van der Waals surface area contributed by atoms with E-state index in [9.17, 15) is 4.79 Å². The third-order valence-corrected chi connectivity index (χ3v) is 2.98. The molecule has 1 aliphatic rings. The lowest BCUT2D eigenvalue weighted by molar-refractivity contribution is -0.115. The fourth-order valence-electron chi connectivity index (χ4n) is 1.94. The van der Waals surface area contributed by atoms with Gasteiger partial charge in [-0.3, -0.25) is 4.79 Å². The van der Waals surface area contributed by atoms with Crippen LogP contribution in [0.25, 0.3) is 0 Å². The van der Waals surface area contributed by atoms with Crippen molar-refractivity contribution in [1.82, 2.24) is 0 Å². The highest BCUT2D eigenvalue weighted by Crippen LogP contribution is 2.32. The van der Waals surface area contributed by atoms with E-state index < -0.39 is 0 Å². The molecule has 16 heavy (non-hydrogen) atoms. The Labute approximate surface area is 100 Å². The molecule has 1 N–H and O–H groups in total. The van der Waals surface area contributed by atoms with Crippen LogP contribution >= 0.6 is 11.6 Å². The minimum atomic E-state index is 0.0618. The number of carbonyl (C=O) groups excluding carboxylic acids is 1. The van der Waals surface area contributed by atoms with Gasteiger partial charge in [-0.1, -0.05) is 11.6 Å². The summed E-state index contributed by atoms with van der Waals surface area (Å²) in [7, 11) is 0. The Balaban J connectivity index is 2.47. The fraction of sp³-hybridized carbons (Fsp3) is 0.417. The maximum atomic E-state index is 11.5. The molecular formula is C12H15ClN2O. The normalized spacial score (nSPS) is 15.8. The molecule has 0 aromatic heterocycles. The number of anilines is 2. The average molecular weight is 239 g/mol. The second-order valence-corrected chi connectivity index (χ2v) is 4.68. The minimum absolute atomic E-state index is 0.0618. The molecule has 0 bridgehead atoms. The number of rotatable bonds is 1. The number of nitrogens with zero attached hydrogens (tertiary/aromatic N) is 1. The molecule has 0 spiro atoms. The summed E-state index contributed by atoms with van der Waals surface area (Å²) >= 11 is 6.00. The summed E-state index contributed by atoms with van der Waals surface area (Å²) in [6, 6.07) is 5.91. The second-order valence-electron chi connectivity index (χ2n) is 4.25. The van der Waals surface area contributed by atoms with Gasteiger partial charge in [0.2, 0.25) is 5.91 Å². The van der Waals surface area contributed by atoms with Gasteiger partial charge in [-0.25, -0.2) is 0 Å². The van der Waals surface area contributed by atoms with Gasteiger partial charge in [-0.15, -0.1) is 0 Å². The first-order valence-electron chi connectivity index (χ1n) is 5.44. The number of halogens is 1. The van der Waals surface area contributed by atoms with Crippen LogP contribution in [0.5, 0.6) is 0 Å². The van der Waals surface area contributed by atoms with Crippen LogP contribution in [0.1, 0.15) is 20.3 Å². The summed E-state index contributed by atoms with van der Waals surface area (Å²) < 4.78 is 0. The Morgan fingerprint density at radius 1 is 1.44 bits per heavy atom. The van der Waals surface area contributed by atoms with Gasteiger partial charge in [0.05, 0.1) is 11.4 Å². The van der Waals surface area contributed by atoms with Crippen LogP contribution in [0.4, 0.5) is 11.4 Å². The molecule has 0 atom stereocenters. The number of hydrogen-bond donors (Lipinski definition) is 1. The van der Waals surface area contributed by atoms with Crippen molar-refractivity contribution in [2.75, 3.05) is 16.8 Å². The zero-order valence-electron chi connectivity index (χ0n) is 9.46. The van der Waals surface area contributed by atoms with E-state index in [1.54, 1.807) is 6.07 Å². The van der Waals surface area contributed by atoms with Crippen molar-refractivity contribution in [3.63, 3.8) is 0 Å². The van der Waals surface area contributed by atoms with Crippen LogP contribution in [0.3, 0.4) is 0 Å². The number of nitrogens with one attached hydrogen (secondary N) is 1. The SMILES string of the molecule is CC(C)N1CCC(=O)Nc2ccc(Cl)cc21. The van der Waals surface area contributed by atoms with Crippen molar-refractivity contribution in [3.8, 4) is 0 Å². The minimum Gasteiger partial charge on any atom is -0.367 e. The van der Waals surface area contributed by atoms with E-state index in [0.29, 0.717) is 17.5 Å². The molecule has 1 aromatic rings. The van der Waals surface area contributed by atoms with E-state index >= 15 is 0 Å². The number of hydrogen-bond acceptors (Lipinski definition) is 2. The van der Waals surface area contributed by atoms with Crippen LogP contribution in [0, 0.1) is 0 Å². The average Bonchev–Trinajstić information content (AvgIpc) is 2.36. The van der Waals surface area contributed by atoms with Gasteiger partial charge in [0.15, 0.2) is 0 Å². The van der Waals surface area contributed by atoms with Crippen molar-refractivity contribution in [2.45, 2.75) is 26.3 Å². The van der Waals surface area contributed by atoms with Crippen molar-refractivity contribution < 1.29 is 4.79 Å². The lowest BCUT2D eigenvalue weighted by Crippen LogP contribution is -2.31. The summed E-state index contributed by atoms with van der Waals surface area (Å²) in [6.07, 6.45) is 0.518. The predicted octanol–water partition coefficient (Wildman–Crippen LogP) is 2.90. The van der Waals surface area contributed by atoms with E-state index in [0.717, 1.165) is 17.9 Å². The fourth-order valence-corrected chi connectivity index (χ4v) is 2.11. The molecule has 1 heterocycles. The van der Waals surface area contributed by atoms with E-state index in [4.69, 9.17) is 11.6 Å². The zero-order valence-corrected chi connectivity index (χ0v) is 10.2. The van der Waals surface area contributed by atoms with Crippen LogP contribution in [0.15, 0.2) is 18.2 Å². The number of fused-ring (bicyclic) bond motifs is 1.